The molecule has 2 aliphatic rings. The summed E-state index contributed by atoms with van der Waals surface area (Å²) in [5.74, 6) is 0.661. The van der Waals surface area contributed by atoms with Gasteiger partial charge in [-0.15, -0.1) is 0 Å². The molecule has 1 aromatic heterocycles. The lowest BCUT2D eigenvalue weighted by molar-refractivity contribution is 0.00578. The van der Waals surface area contributed by atoms with Crippen molar-refractivity contribution in [2.75, 3.05) is 32.8 Å². The summed E-state index contributed by atoms with van der Waals surface area (Å²) in [6, 6.07) is 0.407. The van der Waals surface area contributed by atoms with Crippen molar-refractivity contribution in [3.8, 4) is 6.01 Å². The summed E-state index contributed by atoms with van der Waals surface area (Å²) in [4.78, 5) is 11.1. The van der Waals surface area contributed by atoms with Gasteiger partial charge < -0.3 is 24.7 Å². The van der Waals surface area contributed by atoms with E-state index in [1.807, 2.05) is 27.7 Å². The van der Waals surface area contributed by atoms with Gasteiger partial charge in [0.2, 0.25) is 0 Å². The molecule has 0 aromatic carbocycles. The Bertz CT molecular complexity index is 593. The Hall–Kier alpha value is -1.22. The van der Waals surface area contributed by atoms with E-state index in [1.165, 1.54) is 12.8 Å². The van der Waals surface area contributed by atoms with Crippen LogP contribution >= 0.6 is 0 Å². The summed E-state index contributed by atoms with van der Waals surface area (Å²) in [7, 11) is -0.445. The summed E-state index contributed by atoms with van der Waals surface area (Å²) < 4.78 is 17.8. The summed E-state index contributed by atoms with van der Waals surface area (Å²) >= 11 is 0. The van der Waals surface area contributed by atoms with E-state index in [0.717, 1.165) is 38.1 Å². The molecule has 2 aliphatic heterocycles. The zero-order valence-electron chi connectivity index (χ0n) is 17.1. The van der Waals surface area contributed by atoms with Gasteiger partial charge in [-0.1, -0.05) is 0 Å². The largest absolute Gasteiger partial charge is 0.498 e. The highest BCUT2D eigenvalue weighted by Gasteiger charge is 2.51. The fourth-order valence-electron chi connectivity index (χ4n) is 3.59. The molecule has 27 heavy (non-hydrogen) atoms. The van der Waals surface area contributed by atoms with Gasteiger partial charge in [0.15, 0.2) is 0 Å². The molecule has 7 nitrogen and oxygen atoms in total. The van der Waals surface area contributed by atoms with Crippen LogP contribution in [0.2, 0.25) is 0 Å². The molecule has 1 aromatic rings. The maximum atomic E-state index is 6.02. The van der Waals surface area contributed by atoms with E-state index in [-0.39, 0.29) is 11.2 Å². The van der Waals surface area contributed by atoms with Gasteiger partial charge in [-0.05, 0) is 59.4 Å². The van der Waals surface area contributed by atoms with Crippen molar-refractivity contribution in [1.29, 1.82) is 0 Å². The molecule has 0 saturated carbocycles. The molecule has 3 heterocycles. The van der Waals surface area contributed by atoms with E-state index in [0.29, 0.717) is 18.5 Å². The van der Waals surface area contributed by atoms with Crippen molar-refractivity contribution in [2.24, 2.45) is 11.7 Å². The molecule has 1 atom stereocenters. The van der Waals surface area contributed by atoms with Gasteiger partial charge in [0.05, 0.1) is 17.8 Å². The highest BCUT2D eigenvalue weighted by molar-refractivity contribution is 6.61. The molecular weight excluding hydrogens is 343 g/mol. The molecule has 0 aliphatic carbocycles. The van der Waals surface area contributed by atoms with Crippen molar-refractivity contribution >= 4 is 12.6 Å². The van der Waals surface area contributed by atoms with Crippen LogP contribution in [0.1, 0.15) is 47.0 Å². The first-order valence-corrected chi connectivity index (χ1v) is 10.0. The maximum Gasteiger partial charge on any atom is 0.498 e. The average Bonchev–Trinajstić information content (AvgIpc) is 2.84. The first-order chi connectivity index (χ1) is 12.8. The maximum absolute atomic E-state index is 6.02. The number of hydrogen-bond donors (Lipinski definition) is 1. The molecule has 150 valence electrons. The summed E-state index contributed by atoms with van der Waals surface area (Å²) in [5.41, 5.74) is 5.74. The van der Waals surface area contributed by atoms with Gasteiger partial charge in [0, 0.05) is 37.5 Å². The van der Waals surface area contributed by atoms with Crippen LogP contribution in [0.25, 0.3) is 0 Å². The number of likely N-dealkylation sites (tertiary alicyclic amines) is 1. The van der Waals surface area contributed by atoms with Crippen molar-refractivity contribution in [3.63, 3.8) is 0 Å². The van der Waals surface area contributed by atoms with E-state index in [4.69, 9.17) is 19.8 Å². The van der Waals surface area contributed by atoms with E-state index in [2.05, 4.69) is 14.9 Å². The van der Waals surface area contributed by atoms with Crippen LogP contribution < -0.4 is 15.9 Å². The highest BCUT2D eigenvalue weighted by atomic mass is 16.7. The minimum Gasteiger partial charge on any atom is -0.463 e. The van der Waals surface area contributed by atoms with Crippen LogP contribution in [0, 0.1) is 5.92 Å². The fraction of sp³-hybridized carbons (Fsp3) is 0.789. The minimum absolute atomic E-state index is 0.370. The van der Waals surface area contributed by atoms with E-state index in [1.54, 1.807) is 12.4 Å². The Kier molecular flexibility index (Phi) is 6.41. The molecule has 2 saturated heterocycles. The van der Waals surface area contributed by atoms with Crippen LogP contribution in [0.3, 0.4) is 0 Å². The van der Waals surface area contributed by atoms with Gasteiger partial charge in [-0.25, -0.2) is 9.97 Å². The number of nitrogens with two attached hydrogens (primary N) is 1. The monoisotopic (exact) mass is 376 g/mol. The highest BCUT2D eigenvalue weighted by Crippen LogP contribution is 2.36. The van der Waals surface area contributed by atoms with Crippen LogP contribution in [0.4, 0.5) is 0 Å². The summed E-state index contributed by atoms with van der Waals surface area (Å²) in [5, 5.41) is 0. The second-order valence-electron chi connectivity index (χ2n) is 8.62. The van der Waals surface area contributed by atoms with E-state index in [9.17, 15) is 0 Å². The molecule has 2 N–H and O–H groups in total. The topological polar surface area (TPSA) is 82.7 Å². The van der Waals surface area contributed by atoms with Crippen LogP contribution in [0.15, 0.2) is 12.4 Å². The average molecular weight is 376 g/mol. The second kappa shape index (κ2) is 8.43. The quantitative estimate of drug-likeness (QED) is 0.717. The Balaban J connectivity index is 1.46. The van der Waals surface area contributed by atoms with Crippen molar-refractivity contribution in [1.82, 2.24) is 14.9 Å². The van der Waals surface area contributed by atoms with Gasteiger partial charge >= 0.3 is 13.1 Å². The molecule has 0 unspecified atom stereocenters. The van der Waals surface area contributed by atoms with Gasteiger partial charge in [0.1, 0.15) is 0 Å². The first-order valence-electron chi connectivity index (χ1n) is 10.0. The third-order valence-corrected chi connectivity index (χ3v) is 5.98. The summed E-state index contributed by atoms with van der Waals surface area (Å²) in [6.45, 7) is 12.8. The number of rotatable bonds is 7. The standard InChI is InChI=1S/C19H33BN4O3/c1-18(2)19(3,4)27-20(26-18)16-12-22-17(23-13-16)25-11-7-15-6-5-9-24(14-15)10-8-21/h12-13,15H,5-11,14,21H2,1-4H3/t15-/m0/s1. The smallest absolute Gasteiger partial charge is 0.463 e. The zero-order chi connectivity index (χ0) is 19.5. The molecule has 0 amide bonds. The zero-order valence-corrected chi connectivity index (χ0v) is 17.1. The van der Waals surface area contributed by atoms with Crippen LogP contribution in [0.5, 0.6) is 6.01 Å². The third kappa shape index (κ3) is 4.99. The SMILES string of the molecule is CC1(C)OB(c2cnc(OCC[C@@H]3CCCN(CCN)C3)nc2)OC1(C)C. The lowest BCUT2D eigenvalue weighted by atomic mass is 9.81. The molecular formula is C19H33BN4O3. The third-order valence-electron chi connectivity index (χ3n) is 5.98. The minimum atomic E-state index is -0.445. The van der Waals surface area contributed by atoms with Gasteiger partial charge in [0.25, 0.3) is 0 Å². The number of nitrogens with zero attached hydrogens (tertiary/aromatic N) is 3. The van der Waals surface area contributed by atoms with Crippen LogP contribution in [-0.4, -0.2) is 66.0 Å². The van der Waals surface area contributed by atoms with Crippen LogP contribution in [-0.2, 0) is 9.31 Å². The van der Waals surface area contributed by atoms with Gasteiger partial charge in [-0.3, -0.25) is 0 Å². The number of hydrogen-bond acceptors (Lipinski definition) is 7. The molecule has 0 bridgehead atoms. The first kappa shape index (κ1) is 20.5. The Morgan fingerprint density at radius 3 is 2.52 bits per heavy atom. The predicted octanol–water partition coefficient (Wildman–Crippen LogP) is 1.22. The molecule has 3 rings (SSSR count). The van der Waals surface area contributed by atoms with E-state index >= 15 is 0 Å². The molecule has 0 radical (unpaired) electrons. The Morgan fingerprint density at radius 1 is 1.22 bits per heavy atom. The lowest BCUT2D eigenvalue weighted by Gasteiger charge is -2.32. The van der Waals surface area contributed by atoms with Gasteiger partial charge in [-0.2, -0.15) is 0 Å². The molecule has 0 spiro atoms. The molecule has 8 heteroatoms. The lowest BCUT2D eigenvalue weighted by Crippen LogP contribution is -2.41. The summed E-state index contributed by atoms with van der Waals surface area (Å²) in [6.07, 6.45) is 6.97. The predicted molar refractivity (Wildman–Crippen MR) is 106 cm³/mol. The molecule has 2 fully saturated rings. The fourth-order valence-corrected chi connectivity index (χ4v) is 3.59. The normalized spacial score (nSPS) is 24.9. The second-order valence-corrected chi connectivity index (χ2v) is 8.62. The number of ether oxygens (including phenoxy) is 1. The van der Waals surface area contributed by atoms with Crippen molar-refractivity contribution in [3.05, 3.63) is 12.4 Å². The van der Waals surface area contributed by atoms with Crippen molar-refractivity contribution < 1.29 is 14.0 Å². The Labute approximate surface area is 163 Å². The van der Waals surface area contributed by atoms with E-state index < -0.39 is 7.12 Å². The number of aromatic nitrogens is 2. The number of piperidine rings is 1. The Morgan fingerprint density at radius 2 is 1.89 bits per heavy atom. The van der Waals surface area contributed by atoms with Crippen molar-refractivity contribution in [2.45, 2.75) is 58.2 Å².